The fourth-order valence-electron chi connectivity index (χ4n) is 0.519. The number of hydrogen-bond donors (Lipinski definition) is 0. The van der Waals surface area contributed by atoms with Crippen LogP contribution in [-0.4, -0.2) is 16.5 Å². The predicted octanol–water partition coefficient (Wildman–Crippen LogP) is 0.898. The van der Waals surface area contributed by atoms with Crippen molar-refractivity contribution in [2.45, 2.75) is 0 Å². The van der Waals surface area contributed by atoms with Crippen LogP contribution in [0.15, 0.2) is 31.1 Å². The summed E-state index contributed by atoms with van der Waals surface area (Å²) >= 11 is 0. The Morgan fingerprint density at radius 3 is 2.80 bits per heavy atom. The third-order valence-electron chi connectivity index (χ3n) is 0.914. The molecular formula is C7H8N3. The quantitative estimate of drug-likeness (QED) is 0.576. The van der Waals surface area contributed by atoms with Crippen LogP contribution < -0.4 is 5.32 Å². The van der Waals surface area contributed by atoms with Crippen LogP contribution in [0.1, 0.15) is 0 Å². The van der Waals surface area contributed by atoms with Gasteiger partial charge in [-0.2, -0.15) is 0 Å². The van der Waals surface area contributed by atoms with Crippen molar-refractivity contribution in [3.8, 4) is 0 Å². The minimum atomic E-state index is 0.516. The number of hydrogen-bond acceptors (Lipinski definition) is 2. The van der Waals surface area contributed by atoms with E-state index in [-0.39, 0.29) is 0 Å². The normalized spacial score (nSPS) is 8.80. The SMILES string of the molecule is C=CC[N]c1ncccn1. The van der Waals surface area contributed by atoms with E-state index >= 15 is 0 Å². The molecule has 0 unspecified atom stereocenters. The lowest BCUT2D eigenvalue weighted by atomic mass is 10.6. The maximum atomic E-state index is 3.98. The third kappa shape index (κ3) is 1.85. The van der Waals surface area contributed by atoms with Crippen LogP contribution in [0.3, 0.4) is 0 Å². The second kappa shape index (κ2) is 3.61. The highest BCUT2D eigenvalue weighted by atomic mass is 15.1. The summed E-state index contributed by atoms with van der Waals surface area (Å²) in [5, 5.41) is 3.98. The zero-order chi connectivity index (χ0) is 7.23. The Morgan fingerprint density at radius 2 is 2.20 bits per heavy atom. The Hall–Kier alpha value is -1.38. The summed E-state index contributed by atoms with van der Waals surface area (Å²) < 4.78 is 0. The highest BCUT2D eigenvalue weighted by molar-refractivity contribution is 5.10. The van der Waals surface area contributed by atoms with Gasteiger partial charge in [0.15, 0.2) is 0 Å². The van der Waals surface area contributed by atoms with Gasteiger partial charge in [0.25, 0.3) is 0 Å². The van der Waals surface area contributed by atoms with E-state index in [9.17, 15) is 0 Å². The maximum absolute atomic E-state index is 3.98. The van der Waals surface area contributed by atoms with Gasteiger partial charge in [-0.15, -0.1) is 6.58 Å². The zero-order valence-electron chi connectivity index (χ0n) is 5.57. The van der Waals surface area contributed by atoms with Crippen LogP contribution in [0.25, 0.3) is 0 Å². The van der Waals surface area contributed by atoms with E-state index in [1.807, 2.05) is 0 Å². The van der Waals surface area contributed by atoms with Crippen molar-refractivity contribution in [2.75, 3.05) is 6.54 Å². The van der Waals surface area contributed by atoms with Gasteiger partial charge in [-0.05, 0) is 6.07 Å². The van der Waals surface area contributed by atoms with Crippen LogP contribution in [0.5, 0.6) is 0 Å². The molecule has 0 atom stereocenters. The molecule has 1 heterocycles. The van der Waals surface area contributed by atoms with Crippen LogP contribution in [0.4, 0.5) is 5.95 Å². The summed E-state index contributed by atoms with van der Waals surface area (Å²) in [6.45, 7) is 4.10. The first kappa shape index (κ1) is 6.74. The van der Waals surface area contributed by atoms with E-state index in [0.717, 1.165) is 0 Å². The molecular weight excluding hydrogens is 126 g/mol. The molecule has 10 heavy (non-hydrogen) atoms. The van der Waals surface area contributed by atoms with Gasteiger partial charge in [0.2, 0.25) is 5.95 Å². The second-order valence-corrected chi connectivity index (χ2v) is 1.68. The third-order valence-corrected chi connectivity index (χ3v) is 0.914. The van der Waals surface area contributed by atoms with E-state index in [2.05, 4.69) is 21.9 Å². The zero-order valence-corrected chi connectivity index (χ0v) is 5.57. The summed E-state index contributed by atoms with van der Waals surface area (Å²) in [6, 6.07) is 1.76. The molecule has 0 aliphatic rings. The van der Waals surface area contributed by atoms with Gasteiger partial charge in [0.05, 0.1) is 6.54 Å². The smallest absolute Gasteiger partial charge is 0.244 e. The molecule has 0 saturated heterocycles. The summed E-state index contributed by atoms with van der Waals surface area (Å²) in [5.41, 5.74) is 0. The van der Waals surface area contributed by atoms with Crippen molar-refractivity contribution in [1.29, 1.82) is 0 Å². The Morgan fingerprint density at radius 1 is 1.50 bits per heavy atom. The molecule has 0 fully saturated rings. The van der Waals surface area contributed by atoms with Crippen LogP contribution >= 0.6 is 0 Å². The van der Waals surface area contributed by atoms with Crippen molar-refractivity contribution < 1.29 is 0 Å². The fraction of sp³-hybridized carbons (Fsp3) is 0.143. The molecule has 1 radical (unpaired) electrons. The number of nitrogens with zero attached hydrogens (tertiary/aromatic N) is 3. The van der Waals surface area contributed by atoms with Gasteiger partial charge in [-0.25, -0.2) is 15.3 Å². The minimum Gasteiger partial charge on any atom is -0.245 e. The lowest BCUT2D eigenvalue weighted by molar-refractivity contribution is 0.890. The lowest BCUT2D eigenvalue weighted by Gasteiger charge is -1.93. The van der Waals surface area contributed by atoms with E-state index in [0.29, 0.717) is 12.5 Å². The first-order valence-corrected chi connectivity index (χ1v) is 2.99. The first-order valence-electron chi connectivity index (χ1n) is 2.99. The van der Waals surface area contributed by atoms with Crippen molar-refractivity contribution in [2.24, 2.45) is 0 Å². The van der Waals surface area contributed by atoms with Gasteiger partial charge >= 0.3 is 0 Å². The Labute approximate surface area is 59.8 Å². The minimum absolute atomic E-state index is 0.516. The molecule has 0 aliphatic carbocycles. The van der Waals surface area contributed by atoms with Crippen LogP contribution in [0.2, 0.25) is 0 Å². The van der Waals surface area contributed by atoms with Gasteiger partial charge in [-0.1, -0.05) is 6.08 Å². The summed E-state index contributed by atoms with van der Waals surface area (Å²) in [7, 11) is 0. The molecule has 0 amide bonds. The average Bonchev–Trinajstić information content (AvgIpc) is 2.03. The van der Waals surface area contributed by atoms with Gasteiger partial charge < -0.3 is 0 Å². The van der Waals surface area contributed by atoms with E-state index in [1.165, 1.54) is 0 Å². The Kier molecular flexibility index (Phi) is 2.43. The molecule has 0 aliphatic heterocycles. The highest BCUT2D eigenvalue weighted by Gasteiger charge is 1.89. The Balaban J connectivity index is 2.50. The van der Waals surface area contributed by atoms with Crippen molar-refractivity contribution in [1.82, 2.24) is 15.3 Å². The Bertz CT molecular complexity index is 195. The summed E-state index contributed by atoms with van der Waals surface area (Å²) in [6.07, 6.45) is 5.03. The standard InChI is InChI=1S/C7H8N3/c1-2-4-8-7-9-5-3-6-10-7/h2-3,5-6H,1,4H2. The van der Waals surface area contributed by atoms with Gasteiger partial charge in [0, 0.05) is 12.4 Å². The second-order valence-electron chi connectivity index (χ2n) is 1.68. The van der Waals surface area contributed by atoms with Gasteiger partial charge in [0.1, 0.15) is 0 Å². The average molecular weight is 134 g/mol. The van der Waals surface area contributed by atoms with E-state index < -0.39 is 0 Å². The van der Waals surface area contributed by atoms with Crippen molar-refractivity contribution in [3.05, 3.63) is 31.1 Å². The largest absolute Gasteiger partial charge is 0.245 e. The molecule has 0 saturated carbocycles. The first-order chi connectivity index (χ1) is 4.93. The molecule has 51 valence electrons. The van der Waals surface area contributed by atoms with Crippen LogP contribution in [-0.2, 0) is 0 Å². The molecule has 3 heteroatoms. The monoisotopic (exact) mass is 134 g/mol. The van der Waals surface area contributed by atoms with Crippen molar-refractivity contribution >= 4 is 5.95 Å². The maximum Gasteiger partial charge on any atom is 0.244 e. The summed E-state index contributed by atoms with van der Waals surface area (Å²) in [5.74, 6) is 0.516. The molecule has 1 aromatic heterocycles. The number of aromatic nitrogens is 2. The molecule has 1 rings (SSSR count). The topological polar surface area (TPSA) is 39.9 Å². The van der Waals surface area contributed by atoms with Crippen LogP contribution in [0, 0.1) is 0 Å². The van der Waals surface area contributed by atoms with E-state index in [4.69, 9.17) is 0 Å². The molecule has 0 aromatic carbocycles. The molecule has 3 nitrogen and oxygen atoms in total. The fourth-order valence-corrected chi connectivity index (χ4v) is 0.519. The molecule has 0 N–H and O–H groups in total. The summed E-state index contributed by atoms with van der Waals surface area (Å²) in [4.78, 5) is 7.78. The molecule has 0 bridgehead atoms. The van der Waals surface area contributed by atoms with E-state index in [1.54, 1.807) is 24.5 Å². The lowest BCUT2D eigenvalue weighted by Crippen LogP contribution is -1.99. The predicted molar refractivity (Wildman–Crippen MR) is 38.9 cm³/mol. The van der Waals surface area contributed by atoms with Gasteiger partial charge in [-0.3, -0.25) is 0 Å². The molecule has 0 spiro atoms. The number of rotatable bonds is 3. The molecule has 1 aromatic rings. The van der Waals surface area contributed by atoms with Crippen molar-refractivity contribution in [3.63, 3.8) is 0 Å². The highest BCUT2D eigenvalue weighted by Crippen LogP contribution is 1.91.